The molecule has 21 heavy (non-hydrogen) atoms. The van der Waals surface area contributed by atoms with Crippen LogP contribution in [0.5, 0.6) is 0 Å². The van der Waals surface area contributed by atoms with Crippen LogP contribution >= 0.6 is 0 Å². The molecule has 2 aliphatic heterocycles. The highest BCUT2D eigenvalue weighted by atomic mass is 19.1. The average molecular weight is 291 g/mol. The third kappa shape index (κ3) is 3.38. The molecule has 0 bridgehead atoms. The zero-order chi connectivity index (χ0) is 14.8. The van der Waals surface area contributed by atoms with Crippen LogP contribution in [0, 0.1) is 5.82 Å². The zero-order valence-corrected chi connectivity index (χ0v) is 12.9. The van der Waals surface area contributed by atoms with Crippen LogP contribution in [-0.4, -0.2) is 43.2 Å². The molecule has 2 saturated heterocycles. The van der Waals surface area contributed by atoms with Crippen LogP contribution in [0.15, 0.2) is 18.2 Å². The Labute approximate surface area is 126 Å². The summed E-state index contributed by atoms with van der Waals surface area (Å²) in [7, 11) is 0. The summed E-state index contributed by atoms with van der Waals surface area (Å²) in [5, 5.41) is 0. The fourth-order valence-electron chi connectivity index (χ4n) is 3.73. The second kappa shape index (κ2) is 6.32. The molecule has 2 N–H and O–H groups in total. The third-order valence-corrected chi connectivity index (χ3v) is 4.71. The Balaban J connectivity index is 1.76. The Morgan fingerprint density at radius 2 is 2.10 bits per heavy atom. The van der Waals surface area contributed by atoms with E-state index in [0.717, 1.165) is 43.7 Å². The molecule has 116 valence electrons. The molecule has 0 amide bonds. The lowest BCUT2D eigenvalue weighted by Gasteiger charge is -2.27. The van der Waals surface area contributed by atoms with Crippen molar-refractivity contribution in [2.45, 2.75) is 44.7 Å². The van der Waals surface area contributed by atoms with E-state index in [0.29, 0.717) is 6.04 Å². The lowest BCUT2D eigenvalue weighted by molar-refractivity contribution is 0.273. The molecule has 0 aliphatic carbocycles. The molecule has 0 spiro atoms. The minimum Gasteiger partial charge on any atom is -0.368 e. The molecule has 2 fully saturated rings. The summed E-state index contributed by atoms with van der Waals surface area (Å²) in [6.07, 6.45) is 4.39. The molecule has 2 atom stereocenters. The molecular weight excluding hydrogens is 265 g/mol. The van der Waals surface area contributed by atoms with Crippen LogP contribution in [0.4, 0.5) is 10.1 Å². The van der Waals surface area contributed by atoms with E-state index in [4.69, 9.17) is 5.73 Å². The number of benzene rings is 1. The van der Waals surface area contributed by atoms with Crippen LogP contribution in [0.1, 0.15) is 31.7 Å². The number of fused-ring (bicyclic) bond motifs is 1. The maximum absolute atomic E-state index is 14.5. The van der Waals surface area contributed by atoms with E-state index >= 15 is 0 Å². The summed E-state index contributed by atoms with van der Waals surface area (Å²) in [6.45, 7) is 6.25. The van der Waals surface area contributed by atoms with E-state index in [9.17, 15) is 4.39 Å². The Morgan fingerprint density at radius 3 is 2.86 bits per heavy atom. The van der Waals surface area contributed by atoms with Crippen molar-refractivity contribution in [3.63, 3.8) is 0 Å². The van der Waals surface area contributed by atoms with E-state index in [2.05, 4.69) is 9.80 Å². The molecule has 1 aromatic rings. The first-order chi connectivity index (χ1) is 10.1. The quantitative estimate of drug-likeness (QED) is 0.928. The molecule has 3 nitrogen and oxygen atoms in total. The molecule has 1 aromatic carbocycles. The second-order valence-corrected chi connectivity index (χ2v) is 6.60. The van der Waals surface area contributed by atoms with E-state index in [1.807, 2.05) is 19.1 Å². The number of nitrogens with two attached hydrogens (primary N) is 1. The van der Waals surface area contributed by atoms with Gasteiger partial charge in [0.25, 0.3) is 0 Å². The Kier molecular flexibility index (Phi) is 4.45. The summed E-state index contributed by atoms with van der Waals surface area (Å²) in [5.41, 5.74) is 7.55. The van der Waals surface area contributed by atoms with E-state index in [-0.39, 0.29) is 11.9 Å². The van der Waals surface area contributed by atoms with Gasteiger partial charge in [0.05, 0.1) is 5.69 Å². The van der Waals surface area contributed by atoms with Gasteiger partial charge in [0.1, 0.15) is 5.82 Å². The van der Waals surface area contributed by atoms with E-state index in [1.165, 1.54) is 19.4 Å². The van der Waals surface area contributed by atoms with Gasteiger partial charge in [-0.2, -0.15) is 0 Å². The fraction of sp³-hybridized carbons (Fsp3) is 0.647. The summed E-state index contributed by atoms with van der Waals surface area (Å²) in [5.74, 6) is -0.0976. The molecule has 0 saturated carbocycles. The van der Waals surface area contributed by atoms with Crippen molar-refractivity contribution in [3.8, 4) is 0 Å². The van der Waals surface area contributed by atoms with Crippen molar-refractivity contribution < 1.29 is 4.39 Å². The Hall–Kier alpha value is -1.13. The molecule has 0 radical (unpaired) electrons. The molecule has 0 aromatic heterocycles. The van der Waals surface area contributed by atoms with Gasteiger partial charge in [-0.1, -0.05) is 6.07 Å². The SMILES string of the molecule is CC(N)Cc1ccc(N2CCCN3CCCC3C2)c(F)c1. The van der Waals surface area contributed by atoms with Crippen molar-refractivity contribution in [1.29, 1.82) is 0 Å². The first kappa shape index (κ1) is 14.8. The monoisotopic (exact) mass is 291 g/mol. The van der Waals surface area contributed by atoms with Crippen molar-refractivity contribution in [2.75, 3.05) is 31.1 Å². The van der Waals surface area contributed by atoms with Gasteiger partial charge in [0.2, 0.25) is 0 Å². The largest absolute Gasteiger partial charge is 0.368 e. The lowest BCUT2D eigenvalue weighted by Crippen LogP contribution is -2.37. The van der Waals surface area contributed by atoms with Gasteiger partial charge >= 0.3 is 0 Å². The van der Waals surface area contributed by atoms with Gasteiger partial charge in [-0.15, -0.1) is 0 Å². The van der Waals surface area contributed by atoms with Crippen LogP contribution in [-0.2, 0) is 6.42 Å². The van der Waals surface area contributed by atoms with Crippen molar-refractivity contribution >= 4 is 5.69 Å². The van der Waals surface area contributed by atoms with Crippen LogP contribution < -0.4 is 10.6 Å². The molecule has 2 aliphatic rings. The highest BCUT2D eigenvalue weighted by Gasteiger charge is 2.29. The van der Waals surface area contributed by atoms with Gasteiger partial charge in [-0.05, 0) is 56.8 Å². The van der Waals surface area contributed by atoms with Crippen molar-refractivity contribution in [2.24, 2.45) is 5.73 Å². The zero-order valence-electron chi connectivity index (χ0n) is 12.9. The van der Waals surface area contributed by atoms with Gasteiger partial charge < -0.3 is 10.6 Å². The number of rotatable bonds is 3. The van der Waals surface area contributed by atoms with Gasteiger partial charge in [-0.25, -0.2) is 4.39 Å². The van der Waals surface area contributed by atoms with Crippen LogP contribution in [0.25, 0.3) is 0 Å². The van der Waals surface area contributed by atoms with E-state index in [1.54, 1.807) is 6.07 Å². The summed E-state index contributed by atoms with van der Waals surface area (Å²) >= 11 is 0. The number of hydrogen-bond donors (Lipinski definition) is 1. The second-order valence-electron chi connectivity index (χ2n) is 6.60. The van der Waals surface area contributed by atoms with Gasteiger partial charge in [-0.3, -0.25) is 4.90 Å². The minimum atomic E-state index is -0.0976. The van der Waals surface area contributed by atoms with Crippen molar-refractivity contribution in [1.82, 2.24) is 4.90 Å². The maximum atomic E-state index is 14.5. The normalized spacial score (nSPS) is 24.7. The Bertz CT molecular complexity index is 489. The van der Waals surface area contributed by atoms with Gasteiger partial charge in [0.15, 0.2) is 0 Å². The maximum Gasteiger partial charge on any atom is 0.146 e. The number of halogens is 1. The number of nitrogens with zero attached hydrogens (tertiary/aromatic N) is 2. The lowest BCUT2D eigenvalue weighted by atomic mass is 10.1. The highest BCUT2D eigenvalue weighted by Crippen LogP contribution is 2.27. The smallest absolute Gasteiger partial charge is 0.146 e. The standard InChI is InChI=1S/C17H26FN3/c1-13(19)10-14-5-6-17(16(18)11-14)21-9-3-8-20-7-2-4-15(20)12-21/h5-6,11,13,15H,2-4,7-10,12,19H2,1H3. The Morgan fingerprint density at radius 1 is 1.29 bits per heavy atom. The van der Waals surface area contributed by atoms with Crippen LogP contribution in [0.3, 0.4) is 0 Å². The highest BCUT2D eigenvalue weighted by molar-refractivity contribution is 5.49. The fourth-order valence-corrected chi connectivity index (χ4v) is 3.73. The van der Waals surface area contributed by atoms with Gasteiger partial charge in [0, 0.05) is 31.7 Å². The number of hydrogen-bond acceptors (Lipinski definition) is 3. The number of anilines is 1. The van der Waals surface area contributed by atoms with E-state index < -0.39 is 0 Å². The topological polar surface area (TPSA) is 32.5 Å². The molecule has 2 heterocycles. The van der Waals surface area contributed by atoms with Crippen molar-refractivity contribution in [3.05, 3.63) is 29.6 Å². The average Bonchev–Trinajstić information content (AvgIpc) is 2.76. The predicted octanol–water partition coefficient (Wildman–Crippen LogP) is 2.39. The van der Waals surface area contributed by atoms with Crippen LogP contribution in [0.2, 0.25) is 0 Å². The molecule has 4 heteroatoms. The minimum absolute atomic E-state index is 0.0699. The third-order valence-electron chi connectivity index (χ3n) is 4.71. The summed E-state index contributed by atoms with van der Waals surface area (Å²) in [6, 6.07) is 6.31. The summed E-state index contributed by atoms with van der Waals surface area (Å²) < 4.78 is 14.5. The molecule has 3 rings (SSSR count). The first-order valence-corrected chi connectivity index (χ1v) is 8.16. The summed E-state index contributed by atoms with van der Waals surface area (Å²) in [4.78, 5) is 4.81. The molecule has 2 unspecified atom stereocenters. The predicted molar refractivity (Wildman–Crippen MR) is 85.2 cm³/mol. The first-order valence-electron chi connectivity index (χ1n) is 8.16. The molecular formula is C17H26FN3.